The highest BCUT2D eigenvalue weighted by atomic mass is 79.9. The number of nitro groups is 1. The summed E-state index contributed by atoms with van der Waals surface area (Å²) in [5, 5.41) is 13.4. The largest absolute Gasteiger partial charge is 0.321 e. The number of anilines is 1. The first-order valence-electron chi connectivity index (χ1n) is 5.90. The van der Waals surface area contributed by atoms with Crippen LogP contribution in [-0.4, -0.2) is 10.8 Å². The second-order valence-electron chi connectivity index (χ2n) is 4.31. The van der Waals surface area contributed by atoms with E-state index < -0.39 is 22.3 Å². The lowest BCUT2D eigenvalue weighted by molar-refractivity contribution is -0.385. The number of nitrogens with one attached hydrogen (secondary N) is 1. The van der Waals surface area contributed by atoms with Crippen molar-refractivity contribution in [3.05, 3.63) is 67.9 Å². The van der Waals surface area contributed by atoms with Crippen LogP contribution in [0.3, 0.4) is 0 Å². The van der Waals surface area contributed by atoms with Gasteiger partial charge in [0.25, 0.3) is 11.6 Å². The number of hydrogen-bond donors (Lipinski definition) is 1. The minimum Gasteiger partial charge on any atom is -0.321 e. The van der Waals surface area contributed by atoms with Crippen LogP contribution in [-0.2, 0) is 0 Å². The van der Waals surface area contributed by atoms with Crippen molar-refractivity contribution >= 4 is 33.2 Å². The highest BCUT2D eigenvalue weighted by Gasteiger charge is 2.21. The summed E-state index contributed by atoms with van der Waals surface area (Å²) < 4.78 is 13.9. The summed E-state index contributed by atoms with van der Waals surface area (Å²) in [7, 11) is 0. The molecule has 7 heteroatoms. The van der Waals surface area contributed by atoms with Crippen LogP contribution < -0.4 is 5.32 Å². The smallest absolute Gasteiger partial charge is 0.282 e. The van der Waals surface area contributed by atoms with Gasteiger partial charge in [0.2, 0.25) is 0 Å². The summed E-state index contributed by atoms with van der Waals surface area (Å²) >= 11 is 3.32. The molecule has 0 saturated heterocycles. The zero-order valence-electron chi connectivity index (χ0n) is 10.9. The number of nitro benzene ring substituents is 1. The first-order valence-corrected chi connectivity index (χ1v) is 6.70. The van der Waals surface area contributed by atoms with E-state index in [1.54, 1.807) is 12.1 Å². The van der Waals surface area contributed by atoms with Gasteiger partial charge in [-0.25, -0.2) is 4.39 Å². The van der Waals surface area contributed by atoms with Gasteiger partial charge in [-0.15, -0.1) is 0 Å². The molecular weight excluding hydrogens is 343 g/mol. The van der Waals surface area contributed by atoms with Crippen LogP contribution in [0.15, 0.2) is 40.9 Å². The van der Waals surface area contributed by atoms with Crippen molar-refractivity contribution in [3.63, 3.8) is 0 Å². The Morgan fingerprint density at radius 3 is 2.71 bits per heavy atom. The summed E-state index contributed by atoms with van der Waals surface area (Å²) in [5.74, 6) is -1.46. The van der Waals surface area contributed by atoms with E-state index in [1.807, 2.05) is 13.0 Å². The van der Waals surface area contributed by atoms with E-state index in [4.69, 9.17) is 0 Å². The van der Waals surface area contributed by atoms with Gasteiger partial charge in [-0.1, -0.05) is 12.1 Å². The van der Waals surface area contributed by atoms with Crippen LogP contribution in [0, 0.1) is 22.9 Å². The maximum Gasteiger partial charge on any atom is 0.282 e. The number of carbonyl (C=O) groups excluding carboxylic acids is 1. The zero-order valence-corrected chi connectivity index (χ0v) is 12.5. The average Bonchev–Trinajstić information content (AvgIpc) is 2.43. The third kappa shape index (κ3) is 3.25. The molecule has 1 amide bonds. The molecular formula is C14H10BrFN2O3. The number of rotatable bonds is 3. The van der Waals surface area contributed by atoms with Gasteiger partial charge < -0.3 is 5.32 Å². The van der Waals surface area contributed by atoms with Crippen molar-refractivity contribution in [1.82, 2.24) is 0 Å². The first kappa shape index (κ1) is 15.1. The van der Waals surface area contributed by atoms with Crippen molar-refractivity contribution < 1.29 is 14.1 Å². The maximum atomic E-state index is 13.2. The molecule has 0 radical (unpaired) electrons. The molecule has 0 aliphatic rings. The van der Waals surface area contributed by atoms with Crippen molar-refractivity contribution in [2.45, 2.75) is 6.92 Å². The number of amides is 1. The van der Waals surface area contributed by atoms with Gasteiger partial charge >= 0.3 is 0 Å². The lowest BCUT2D eigenvalue weighted by Gasteiger charge is -2.09. The molecule has 0 aromatic heterocycles. The number of benzene rings is 2. The van der Waals surface area contributed by atoms with Gasteiger partial charge in [0.15, 0.2) is 0 Å². The van der Waals surface area contributed by atoms with E-state index in [2.05, 4.69) is 21.2 Å². The van der Waals surface area contributed by atoms with Crippen molar-refractivity contribution in [1.29, 1.82) is 0 Å². The Bertz CT molecular complexity index is 734. The Labute approximate surface area is 128 Å². The standard InChI is InChI=1S/C14H10BrFN2O3/c1-8-3-2-4-11(13(8)15)17-14(19)10-7-9(16)5-6-12(10)18(20)21/h2-7H,1H3,(H,17,19). The highest BCUT2D eigenvalue weighted by molar-refractivity contribution is 9.10. The predicted molar refractivity (Wildman–Crippen MR) is 79.9 cm³/mol. The fourth-order valence-corrected chi connectivity index (χ4v) is 2.15. The summed E-state index contributed by atoms with van der Waals surface area (Å²) in [5.41, 5.74) is 0.575. The summed E-state index contributed by atoms with van der Waals surface area (Å²) in [6.45, 7) is 1.84. The van der Waals surface area contributed by atoms with Gasteiger partial charge in [0, 0.05) is 10.5 Å². The fraction of sp³-hybridized carbons (Fsp3) is 0.0714. The van der Waals surface area contributed by atoms with Gasteiger partial charge in [-0.05, 0) is 46.6 Å². The van der Waals surface area contributed by atoms with Gasteiger partial charge in [0.05, 0.1) is 10.6 Å². The second-order valence-corrected chi connectivity index (χ2v) is 5.10. The van der Waals surface area contributed by atoms with Crippen molar-refractivity contribution in [2.75, 3.05) is 5.32 Å². The molecule has 0 atom stereocenters. The number of aryl methyl sites for hydroxylation is 1. The highest BCUT2D eigenvalue weighted by Crippen LogP contribution is 2.27. The number of halogens is 2. The number of hydrogen-bond acceptors (Lipinski definition) is 3. The van der Waals surface area contributed by atoms with E-state index in [0.717, 1.165) is 23.8 Å². The molecule has 0 saturated carbocycles. The molecule has 0 spiro atoms. The Hall–Kier alpha value is -2.28. The topological polar surface area (TPSA) is 72.2 Å². The molecule has 1 N–H and O–H groups in total. The minimum absolute atomic E-state index is 0.326. The predicted octanol–water partition coefficient (Wildman–Crippen LogP) is 4.06. The second kappa shape index (κ2) is 6.01. The average molecular weight is 353 g/mol. The first-order chi connectivity index (χ1) is 9.90. The SMILES string of the molecule is Cc1cccc(NC(=O)c2cc(F)ccc2[N+](=O)[O-])c1Br. The summed E-state index contributed by atoms with van der Waals surface area (Å²) in [6, 6.07) is 7.96. The van der Waals surface area contributed by atoms with E-state index in [9.17, 15) is 19.3 Å². The van der Waals surface area contributed by atoms with Crippen LogP contribution in [0.25, 0.3) is 0 Å². The van der Waals surface area contributed by atoms with Gasteiger partial charge in [-0.3, -0.25) is 14.9 Å². The molecule has 0 aliphatic carbocycles. The quantitative estimate of drug-likeness (QED) is 0.668. The molecule has 2 aromatic rings. The Morgan fingerprint density at radius 2 is 2.05 bits per heavy atom. The molecule has 0 bridgehead atoms. The zero-order chi connectivity index (χ0) is 15.6. The maximum absolute atomic E-state index is 13.2. The normalized spacial score (nSPS) is 10.2. The van der Waals surface area contributed by atoms with Crippen molar-refractivity contribution in [3.8, 4) is 0 Å². The Morgan fingerprint density at radius 1 is 1.33 bits per heavy atom. The van der Waals surface area contributed by atoms with E-state index in [0.29, 0.717) is 10.2 Å². The van der Waals surface area contributed by atoms with Crippen molar-refractivity contribution in [2.24, 2.45) is 0 Å². The van der Waals surface area contributed by atoms with Crippen LogP contribution in [0.1, 0.15) is 15.9 Å². The summed E-state index contributed by atoms with van der Waals surface area (Å²) in [4.78, 5) is 22.3. The van der Waals surface area contributed by atoms with Crippen LogP contribution in [0.5, 0.6) is 0 Å². The monoisotopic (exact) mass is 352 g/mol. The Balaban J connectivity index is 2.39. The minimum atomic E-state index is -0.743. The lowest BCUT2D eigenvalue weighted by atomic mass is 10.1. The molecule has 21 heavy (non-hydrogen) atoms. The van der Waals surface area contributed by atoms with E-state index in [-0.39, 0.29) is 5.56 Å². The van der Waals surface area contributed by atoms with Gasteiger partial charge in [0.1, 0.15) is 11.4 Å². The molecule has 0 fully saturated rings. The van der Waals surface area contributed by atoms with E-state index >= 15 is 0 Å². The Kier molecular flexibility index (Phi) is 4.32. The molecule has 2 aromatic carbocycles. The third-order valence-electron chi connectivity index (χ3n) is 2.84. The lowest BCUT2D eigenvalue weighted by Crippen LogP contribution is -2.14. The molecule has 0 heterocycles. The van der Waals surface area contributed by atoms with Crippen LogP contribution in [0.4, 0.5) is 15.8 Å². The fourth-order valence-electron chi connectivity index (χ4n) is 1.78. The molecule has 0 unspecified atom stereocenters. The van der Waals surface area contributed by atoms with Gasteiger partial charge in [-0.2, -0.15) is 0 Å². The van der Waals surface area contributed by atoms with Crippen LogP contribution in [0.2, 0.25) is 0 Å². The van der Waals surface area contributed by atoms with Crippen LogP contribution >= 0.6 is 15.9 Å². The molecule has 2 rings (SSSR count). The molecule has 0 aliphatic heterocycles. The number of nitrogens with zero attached hydrogens (tertiary/aromatic N) is 1. The third-order valence-corrected chi connectivity index (χ3v) is 3.89. The molecule has 5 nitrogen and oxygen atoms in total. The van der Waals surface area contributed by atoms with E-state index in [1.165, 1.54) is 0 Å². The summed E-state index contributed by atoms with van der Waals surface area (Å²) in [6.07, 6.45) is 0. The molecule has 108 valence electrons. The number of carbonyl (C=O) groups is 1.